The summed E-state index contributed by atoms with van der Waals surface area (Å²) in [7, 11) is 1.69. The molecule has 0 aliphatic rings. The maximum atomic E-state index is 6.19. The van der Waals surface area contributed by atoms with Crippen LogP contribution in [0.3, 0.4) is 0 Å². The van der Waals surface area contributed by atoms with Gasteiger partial charge in [0.15, 0.2) is 0 Å². The van der Waals surface area contributed by atoms with E-state index in [1.807, 2.05) is 19.1 Å². The number of hydrogen-bond acceptors (Lipinski definition) is 3. The Morgan fingerprint density at radius 1 is 1.10 bits per heavy atom. The van der Waals surface area contributed by atoms with Gasteiger partial charge in [-0.05, 0) is 44.5 Å². The normalized spacial score (nSPS) is 12.0. The first-order chi connectivity index (χ1) is 10.1. The van der Waals surface area contributed by atoms with Crippen LogP contribution >= 0.6 is 0 Å². The van der Waals surface area contributed by atoms with Crippen molar-refractivity contribution in [2.24, 2.45) is 5.73 Å². The average molecular weight is 284 g/mol. The van der Waals surface area contributed by atoms with E-state index in [0.29, 0.717) is 0 Å². The Balaban J connectivity index is 2.61. The van der Waals surface area contributed by atoms with Crippen LogP contribution in [0.25, 0.3) is 0 Å². The number of anilines is 2. The fourth-order valence-corrected chi connectivity index (χ4v) is 2.74. The maximum Gasteiger partial charge on any atom is 0.125 e. The maximum absolute atomic E-state index is 6.19. The number of rotatable bonds is 5. The third-order valence-electron chi connectivity index (χ3n) is 3.73. The topological polar surface area (TPSA) is 38.5 Å². The van der Waals surface area contributed by atoms with Crippen molar-refractivity contribution in [2.45, 2.75) is 26.8 Å². The van der Waals surface area contributed by atoms with Crippen LogP contribution in [0.5, 0.6) is 5.75 Å². The first-order valence-corrected chi connectivity index (χ1v) is 7.35. The van der Waals surface area contributed by atoms with E-state index in [-0.39, 0.29) is 6.04 Å². The van der Waals surface area contributed by atoms with Gasteiger partial charge in [0, 0.05) is 29.5 Å². The third kappa shape index (κ3) is 3.03. The SMILES string of the molecule is CCN(c1ccccc1C)c1cccc(OC)c1C(C)N. The second kappa shape index (κ2) is 6.64. The van der Waals surface area contributed by atoms with Gasteiger partial charge >= 0.3 is 0 Å². The smallest absolute Gasteiger partial charge is 0.125 e. The van der Waals surface area contributed by atoms with E-state index in [2.05, 4.69) is 49.1 Å². The summed E-state index contributed by atoms with van der Waals surface area (Å²) < 4.78 is 5.50. The van der Waals surface area contributed by atoms with Crippen molar-refractivity contribution in [2.75, 3.05) is 18.6 Å². The van der Waals surface area contributed by atoms with Gasteiger partial charge in [0.1, 0.15) is 5.75 Å². The summed E-state index contributed by atoms with van der Waals surface area (Å²) in [5.41, 5.74) is 10.8. The van der Waals surface area contributed by atoms with E-state index in [4.69, 9.17) is 10.5 Å². The van der Waals surface area contributed by atoms with Crippen LogP contribution in [-0.4, -0.2) is 13.7 Å². The molecule has 1 unspecified atom stereocenters. The number of nitrogens with zero attached hydrogens (tertiary/aromatic N) is 1. The number of ether oxygens (including phenoxy) is 1. The molecule has 0 saturated heterocycles. The van der Waals surface area contributed by atoms with Gasteiger partial charge in [-0.1, -0.05) is 24.3 Å². The molecule has 21 heavy (non-hydrogen) atoms. The molecular weight excluding hydrogens is 260 g/mol. The van der Waals surface area contributed by atoms with E-state index < -0.39 is 0 Å². The largest absolute Gasteiger partial charge is 0.496 e. The first-order valence-electron chi connectivity index (χ1n) is 7.35. The summed E-state index contributed by atoms with van der Waals surface area (Å²) in [4.78, 5) is 2.29. The lowest BCUT2D eigenvalue weighted by molar-refractivity contribution is 0.407. The minimum atomic E-state index is -0.0887. The highest BCUT2D eigenvalue weighted by Crippen LogP contribution is 2.37. The highest BCUT2D eigenvalue weighted by Gasteiger charge is 2.19. The van der Waals surface area contributed by atoms with E-state index >= 15 is 0 Å². The van der Waals surface area contributed by atoms with Crippen LogP contribution in [0.2, 0.25) is 0 Å². The number of para-hydroxylation sites is 1. The number of benzene rings is 2. The molecule has 0 bridgehead atoms. The zero-order valence-corrected chi connectivity index (χ0v) is 13.3. The summed E-state index contributed by atoms with van der Waals surface area (Å²) >= 11 is 0. The van der Waals surface area contributed by atoms with Gasteiger partial charge < -0.3 is 15.4 Å². The lowest BCUT2D eigenvalue weighted by atomic mass is 10.0. The Labute approximate surface area is 127 Å². The van der Waals surface area contributed by atoms with Gasteiger partial charge in [-0.3, -0.25) is 0 Å². The van der Waals surface area contributed by atoms with Crippen molar-refractivity contribution in [3.8, 4) is 5.75 Å². The molecule has 2 rings (SSSR count). The molecule has 0 heterocycles. The molecule has 2 N–H and O–H groups in total. The Kier molecular flexibility index (Phi) is 4.86. The quantitative estimate of drug-likeness (QED) is 0.895. The molecule has 0 aliphatic heterocycles. The van der Waals surface area contributed by atoms with E-state index in [1.54, 1.807) is 7.11 Å². The van der Waals surface area contributed by atoms with Gasteiger partial charge in [-0.15, -0.1) is 0 Å². The van der Waals surface area contributed by atoms with Crippen LogP contribution in [0.1, 0.15) is 31.0 Å². The van der Waals surface area contributed by atoms with Crippen LogP contribution in [0, 0.1) is 6.92 Å². The Morgan fingerprint density at radius 3 is 2.33 bits per heavy atom. The summed E-state index contributed by atoms with van der Waals surface area (Å²) in [6.07, 6.45) is 0. The monoisotopic (exact) mass is 284 g/mol. The highest BCUT2D eigenvalue weighted by atomic mass is 16.5. The molecule has 3 heteroatoms. The summed E-state index contributed by atoms with van der Waals surface area (Å²) in [6, 6.07) is 14.4. The van der Waals surface area contributed by atoms with Crippen molar-refractivity contribution in [3.63, 3.8) is 0 Å². The minimum Gasteiger partial charge on any atom is -0.496 e. The lowest BCUT2D eigenvalue weighted by Crippen LogP contribution is -2.21. The average Bonchev–Trinajstić information content (AvgIpc) is 2.49. The molecule has 0 aromatic heterocycles. The number of aryl methyl sites for hydroxylation is 1. The van der Waals surface area contributed by atoms with Crippen molar-refractivity contribution >= 4 is 11.4 Å². The molecule has 0 aliphatic carbocycles. The van der Waals surface area contributed by atoms with Gasteiger partial charge in [0.05, 0.1) is 7.11 Å². The molecule has 0 amide bonds. The fourth-order valence-electron chi connectivity index (χ4n) is 2.74. The fraction of sp³-hybridized carbons (Fsp3) is 0.333. The lowest BCUT2D eigenvalue weighted by Gasteiger charge is -2.29. The highest BCUT2D eigenvalue weighted by molar-refractivity contribution is 5.71. The van der Waals surface area contributed by atoms with Crippen LogP contribution in [-0.2, 0) is 0 Å². The third-order valence-corrected chi connectivity index (χ3v) is 3.73. The Bertz CT molecular complexity index is 608. The van der Waals surface area contributed by atoms with Gasteiger partial charge in [-0.2, -0.15) is 0 Å². The van der Waals surface area contributed by atoms with Gasteiger partial charge in [0.25, 0.3) is 0 Å². The molecule has 0 spiro atoms. The van der Waals surface area contributed by atoms with Crippen molar-refractivity contribution < 1.29 is 4.74 Å². The summed E-state index contributed by atoms with van der Waals surface area (Å²) in [5.74, 6) is 0.842. The second-order valence-electron chi connectivity index (χ2n) is 5.21. The van der Waals surface area contributed by atoms with Crippen molar-refractivity contribution in [3.05, 3.63) is 53.6 Å². The Morgan fingerprint density at radius 2 is 1.76 bits per heavy atom. The Hall–Kier alpha value is -2.00. The van der Waals surface area contributed by atoms with Gasteiger partial charge in [0.2, 0.25) is 0 Å². The zero-order valence-electron chi connectivity index (χ0n) is 13.3. The molecule has 2 aromatic carbocycles. The predicted octanol–water partition coefficient (Wildman–Crippen LogP) is 4.18. The number of methoxy groups -OCH3 is 1. The molecule has 0 fully saturated rings. The zero-order chi connectivity index (χ0) is 15.4. The van der Waals surface area contributed by atoms with Crippen molar-refractivity contribution in [1.29, 1.82) is 0 Å². The van der Waals surface area contributed by atoms with Gasteiger partial charge in [-0.25, -0.2) is 0 Å². The number of nitrogens with two attached hydrogens (primary N) is 1. The molecular formula is C18H24N2O. The number of hydrogen-bond donors (Lipinski definition) is 1. The van der Waals surface area contributed by atoms with Crippen LogP contribution in [0.15, 0.2) is 42.5 Å². The van der Waals surface area contributed by atoms with Crippen molar-refractivity contribution in [1.82, 2.24) is 0 Å². The molecule has 3 nitrogen and oxygen atoms in total. The van der Waals surface area contributed by atoms with E-state index in [1.165, 1.54) is 11.3 Å². The van der Waals surface area contributed by atoms with E-state index in [0.717, 1.165) is 23.5 Å². The second-order valence-corrected chi connectivity index (χ2v) is 5.21. The summed E-state index contributed by atoms with van der Waals surface area (Å²) in [6.45, 7) is 7.14. The molecule has 2 aromatic rings. The first kappa shape index (κ1) is 15.4. The minimum absolute atomic E-state index is 0.0887. The molecule has 1 atom stereocenters. The molecule has 112 valence electrons. The van der Waals surface area contributed by atoms with Crippen LogP contribution < -0.4 is 15.4 Å². The van der Waals surface area contributed by atoms with Crippen LogP contribution in [0.4, 0.5) is 11.4 Å². The standard InChI is InChI=1S/C18H24N2O/c1-5-20(15-10-7-6-9-13(15)2)16-11-8-12-17(21-4)18(16)14(3)19/h6-12,14H,5,19H2,1-4H3. The predicted molar refractivity (Wildman–Crippen MR) is 89.5 cm³/mol. The summed E-state index contributed by atoms with van der Waals surface area (Å²) in [5, 5.41) is 0. The van der Waals surface area contributed by atoms with E-state index in [9.17, 15) is 0 Å². The molecule has 0 saturated carbocycles. The molecule has 0 radical (unpaired) electrons.